The molecule has 148 valence electrons. The minimum absolute atomic E-state index is 0.00406. The van der Waals surface area contributed by atoms with E-state index < -0.39 is 26.3 Å². The van der Waals surface area contributed by atoms with Gasteiger partial charge in [-0.05, 0) is 12.1 Å². The van der Waals surface area contributed by atoms with E-state index in [2.05, 4.69) is 10.1 Å². The molecular weight excluding hydrogens is 424 g/mol. The van der Waals surface area contributed by atoms with Crippen LogP contribution in [0.2, 0.25) is 0 Å². The predicted octanol–water partition coefficient (Wildman–Crippen LogP) is -0.742. The van der Waals surface area contributed by atoms with Crippen LogP contribution in [0, 0.1) is 0 Å². The van der Waals surface area contributed by atoms with Crippen LogP contribution >= 0.6 is 11.3 Å². The number of rotatable bonds is 5. The highest BCUT2D eigenvalue weighted by molar-refractivity contribution is 7.92. The highest BCUT2D eigenvalue weighted by Crippen LogP contribution is 2.37. The molecule has 1 heterocycles. The van der Waals surface area contributed by atoms with E-state index in [4.69, 9.17) is 27.6 Å². The molecular formula is C14H16N8O3S3. The number of hydrogen-bond acceptors (Lipinski definition) is 10. The number of nitrogens with two attached hydrogens (primary N) is 5. The second-order valence-electron chi connectivity index (χ2n) is 5.49. The number of hydrazine groups is 1. The second kappa shape index (κ2) is 7.51. The zero-order valence-corrected chi connectivity index (χ0v) is 16.6. The summed E-state index contributed by atoms with van der Waals surface area (Å²) in [5, 5.41) is 14.9. The SMILES string of the molecule is NN/N=C(\N)c1c(-c2cccc3sc(N)nc23)ccc(S(N)(=O)=O)c1[S+](N)[O-]. The summed E-state index contributed by atoms with van der Waals surface area (Å²) in [6.07, 6.45) is 0. The van der Waals surface area contributed by atoms with Gasteiger partial charge >= 0.3 is 0 Å². The van der Waals surface area contributed by atoms with Gasteiger partial charge < -0.3 is 16.0 Å². The summed E-state index contributed by atoms with van der Waals surface area (Å²) in [6, 6.07) is 7.97. The van der Waals surface area contributed by atoms with Crippen molar-refractivity contribution in [2.45, 2.75) is 9.79 Å². The molecule has 28 heavy (non-hydrogen) atoms. The third-order valence-corrected chi connectivity index (χ3v) is 6.55. The summed E-state index contributed by atoms with van der Waals surface area (Å²) in [5.74, 6) is 4.97. The number of primary sulfonamides is 1. The maximum atomic E-state index is 12.3. The second-order valence-corrected chi connectivity index (χ2v) is 9.08. The maximum absolute atomic E-state index is 12.3. The van der Waals surface area contributed by atoms with E-state index in [0.29, 0.717) is 21.8 Å². The number of hydrazone groups is 1. The van der Waals surface area contributed by atoms with Crippen LogP contribution in [-0.4, -0.2) is 23.8 Å². The molecule has 0 fully saturated rings. The van der Waals surface area contributed by atoms with Crippen molar-refractivity contribution in [3.8, 4) is 11.1 Å². The molecule has 3 rings (SSSR count). The summed E-state index contributed by atoms with van der Waals surface area (Å²) in [7, 11) is -4.26. The van der Waals surface area contributed by atoms with Crippen LogP contribution in [0.4, 0.5) is 5.13 Å². The Kier molecular flexibility index (Phi) is 5.44. The van der Waals surface area contributed by atoms with Gasteiger partial charge in [0.1, 0.15) is 4.90 Å². The van der Waals surface area contributed by atoms with Gasteiger partial charge in [-0.15, -0.1) is 10.2 Å². The number of nitrogens with zero attached hydrogens (tertiary/aromatic N) is 2. The van der Waals surface area contributed by atoms with E-state index >= 15 is 0 Å². The van der Waals surface area contributed by atoms with Crippen molar-refractivity contribution in [3.63, 3.8) is 0 Å². The largest absolute Gasteiger partial charge is 0.593 e. The molecule has 3 aromatic rings. The van der Waals surface area contributed by atoms with Crippen LogP contribution in [0.3, 0.4) is 0 Å². The zero-order chi connectivity index (χ0) is 20.6. The van der Waals surface area contributed by atoms with Crippen LogP contribution in [0.5, 0.6) is 0 Å². The fourth-order valence-electron chi connectivity index (χ4n) is 2.77. The number of amidine groups is 1. The van der Waals surface area contributed by atoms with Crippen molar-refractivity contribution >= 4 is 53.9 Å². The van der Waals surface area contributed by atoms with Crippen molar-refractivity contribution in [2.75, 3.05) is 5.73 Å². The number of thiazole rings is 1. The first-order valence-electron chi connectivity index (χ1n) is 7.45. The molecule has 0 radical (unpaired) electrons. The smallest absolute Gasteiger partial charge is 0.243 e. The van der Waals surface area contributed by atoms with Gasteiger partial charge in [0.25, 0.3) is 0 Å². The molecule has 1 unspecified atom stereocenters. The summed E-state index contributed by atoms with van der Waals surface area (Å²) in [5.41, 5.74) is 15.3. The Balaban J connectivity index is 2.48. The Labute approximate surface area is 166 Å². The molecule has 0 aliphatic carbocycles. The number of benzene rings is 2. The lowest BCUT2D eigenvalue weighted by molar-refractivity contribution is 0.584. The fourth-order valence-corrected chi connectivity index (χ4v) is 5.43. The molecule has 0 aliphatic heterocycles. The molecule has 1 atom stereocenters. The standard InChI is InChI=1S/C14H16N8O3S3/c15-13(21-22-17)10-6(4-5-9(28(19,24)25)12(10)27(18)23)7-2-1-3-8-11(7)20-14(16)26-8/h1-5,22H,17-18H2,(H2,15,21)(H2,16,20)(H2,19,24,25). The van der Waals surface area contributed by atoms with Crippen molar-refractivity contribution in [2.24, 2.45) is 27.0 Å². The van der Waals surface area contributed by atoms with Gasteiger partial charge in [0.15, 0.2) is 11.0 Å². The lowest BCUT2D eigenvalue weighted by atomic mass is 9.98. The average Bonchev–Trinajstić information content (AvgIpc) is 2.99. The molecule has 0 aliphatic rings. The summed E-state index contributed by atoms with van der Waals surface area (Å²) in [6.45, 7) is 0. The monoisotopic (exact) mass is 440 g/mol. The minimum atomic E-state index is -4.26. The van der Waals surface area contributed by atoms with E-state index in [1.54, 1.807) is 12.1 Å². The summed E-state index contributed by atoms with van der Waals surface area (Å²) in [4.78, 5) is 3.57. The van der Waals surface area contributed by atoms with Crippen LogP contribution < -0.4 is 33.1 Å². The Bertz CT molecular complexity index is 1190. The lowest BCUT2D eigenvalue weighted by Gasteiger charge is -2.17. The number of hydrogen-bond donors (Lipinski definition) is 6. The summed E-state index contributed by atoms with van der Waals surface area (Å²) >= 11 is -0.991. The van der Waals surface area contributed by atoms with Gasteiger partial charge in [0.2, 0.25) is 14.9 Å². The van der Waals surface area contributed by atoms with Gasteiger partial charge in [-0.25, -0.2) is 29.9 Å². The third-order valence-electron chi connectivity index (χ3n) is 3.80. The van der Waals surface area contributed by atoms with E-state index in [-0.39, 0.29) is 16.3 Å². The topological polar surface area (TPSA) is 225 Å². The average molecular weight is 441 g/mol. The van der Waals surface area contributed by atoms with Crippen LogP contribution in [0.25, 0.3) is 21.3 Å². The van der Waals surface area contributed by atoms with Gasteiger partial charge in [-0.2, -0.15) is 0 Å². The Morgan fingerprint density at radius 3 is 2.57 bits per heavy atom. The third kappa shape index (κ3) is 3.61. The van der Waals surface area contributed by atoms with Crippen molar-refractivity contribution in [1.29, 1.82) is 0 Å². The number of sulfonamides is 1. The highest BCUT2D eigenvalue weighted by Gasteiger charge is 2.31. The molecule has 0 saturated heterocycles. The van der Waals surface area contributed by atoms with Gasteiger partial charge in [0.05, 0.1) is 27.1 Å². The number of nitrogens with one attached hydrogen (secondary N) is 1. The van der Waals surface area contributed by atoms with Crippen LogP contribution in [-0.2, 0) is 21.4 Å². The molecule has 0 spiro atoms. The number of nitrogen functional groups attached to an aromatic ring is 1. The van der Waals surface area contributed by atoms with Gasteiger partial charge in [0, 0.05) is 11.1 Å². The normalized spacial score (nSPS) is 13.6. The number of aromatic nitrogens is 1. The first-order chi connectivity index (χ1) is 13.1. The number of para-hydroxylation sites is 1. The van der Waals surface area contributed by atoms with Gasteiger partial charge in [-0.3, -0.25) is 0 Å². The zero-order valence-electron chi connectivity index (χ0n) is 14.1. The quantitative estimate of drug-likeness (QED) is 0.0963. The fraction of sp³-hybridized carbons (Fsp3) is 0. The summed E-state index contributed by atoms with van der Waals surface area (Å²) < 4.78 is 37.0. The van der Waals surface area contributed by atoms with Crippen molar-refractivity contribution in [1.82, 2.24) is 10.5 Å². The lowest BCUT2D eigenvalue weighted by Crippen LogP contribution is -2.29. The van der Waals surface area contributed by atoms with Crippen LogP contribution in [0.15, 0.2) is 45.2 Å². The molecule has 2 aromatic carbocycles. The first kappa shape index (κ1) is 20.3. The minimum Gasteiger partial charge on any atom is -0.593 e. The Morgan fingerprint density at radius 1 is 1.25 bits per heavy atom. The first-order valence-corrected chi connectivity index (χ1v) is 11.0. The van der Waals surface area contributed by atoms with E-state index in [1.165, 1.54) is 23.5 Å². The highest BCUT2D eigenvalue weighted by atomic mass is 32.2. The molecule has 1 aromatic heterocycles. The molecule has 0 amide bonds. The number of fused-ring (bicyclic) bond motifs is 1. The van der Waals surface area contributed by atoms with E-state index in [1.807, 2.05) is 11.6 Å². The molecule has 11 nitrogen and oxygen atoms in total. The molecule has 0 saturated carbocycles. The Morgan fingerprint density at radius 2 is 1.96 bits per heavy atom. The van der Waals surface area contributed by atoms with Gasteiger partial charge in [-0.1, -0.05) is 29.5 Å². The predicted molar refractivity (Wildman–Crippen MR) is 109 cm³/mol. The molecule has 14 heteroatoms. The van der Waals surface area contributed by atoms with E-state index in [0.717, 1.165) is 4.70 Å². The van der Waals surface area contributed by atoms with Crippen LogP contribution in [0.1, 0.15) is 5.56 Å². The molecule has 11 N–H and O–H groups in total. The maximum Gasteiger partial charge on any atom is 0.243 e. The number of anilines is 1. The molecule has 0 bridgehead atoms. The van der Waals surface area contributed by atoms with Crippen molar-refractivity contribution in [3.05, 3.63) is 35.9 Å². The van der Waals surface area contributed by atoms with Crippen molar-refractivity contribution < 1.29 is 13.0 Å². The van der Waals surface area contributed by atoms with E-state index in [9.17, 15) is 13.0 Å². The Hall–Kier alpha value is -2.46.